The van der Waals surface area contributed by atoms with Gasteiger partial charge in [0.2, 0.25) is 0 Å². The molecular weight excluding hydrogens is 375 g/mol. The molecular formula is C18H26Cl2N4O2. The van der Waals surface area contributed by atoms with Crippen molar-refractivity contribution >= 4 is 41.8 Å². The van der Waals surface area contributed by atoms with E-state index in [9.17, 15) is 4.79 Å². The third-order valence-electron chi connectivity index (χ3n) is 5.25. The Kier molecular flexibility index (Phi) is 7.29. The highest BCUT2D eigenvalue weighted by Gasteiger charge is 2.34. The average Bonchev–Trinajstić information content (AvgIpc) is 3.28. The number of likely N-dealkylation sites (tertiary alicyclic amines) is 1. The van der Waals surface area contributed by atoms with Gasteiger partial charge in [-0.3, -0.25) is 4.79 Å². The Labute approximate surface area is 165 Å². The van der Waals surface area contributed by atoms with Gasteiger partial charge in [0.05, 0.1) is 17.1 Å². The Balaban J connectivity index is 0.00000121. The standard InChI is InChI=1S/C18H24N4O2.2ClH/c19-11-13-5-6-16(24-13)18(23)22-9-7-12(8-10-22)17-20-14-3-1-2-4-15(14)21-17;;/h1-4,12-13,16H,5-11,19H2,(H,20,21);2*1H/t13-,16+;;/m1../s1. The molecule has 0 bridgehead atoms. The molecule has 2 aliphatic heterocycles. The zero-order valence-corrected chi connectivity index (χ0v) is 16.2. The van der Waals surface area contributed by atoms with Crippen molar-refractivity contribution in [2.24, 2.45) is 5.73 Å². The lowest BCUT2D eigenvalue weighted by Gasteiger charge is -2.32. The summed E-state index contributed by atoms with van der Waals surface area (Å²) in [6.45, 7) is 2.04. The number of rotatable bonds is 3. The zero-order chi connectivity index (χ0) is 16.5. The van der Waals surface area contributed by atoms with Crippen LogP contribution in [0.5, 0.6) is 0 Å². The number of hydrogen-bond donors (Lipinski definition) is 2. The van der Waals surface area contributed by atoms with Gasteiger partial charge in [0, 0.05) is 25.6 Å². The predicted molar refractivity (Wildman–Crippen MR) is 106 cm³/mol. The first-order chi connectivity index (χ1) is 11.7. The van der Waals surface area contributed by atoms with Crippen LogP contribution in [0.4, 0.5) is 0 Å². The molecule has 144 valence electrons. The van der Waals surface area contributed by atoms with E-state index in [0.717, 1.165) is 55.6 Å². The number of imidazole rings is 1. The number of nitrogens with zero attached hydrogens (tertiary/aromatic N) is 2. The van der Waals surface area contributed by atoms with Crippen LogP contribution in [0.1, 0.15) is 37.4 Å². The van der Waals surface area contributed by atoms with Crippen LogP contribution in [0.15, 0.2) is 24.3 Å². The Morgan fingerprint density at radius 2 is 1.92 bits per heavy atom. The van der Waals surface area contributed by atoms with Crippen LogP contribution in [-0.2, 0) is 9.53 Å². The lowest BCUT2D eigenvalue weighted by molar-refractivity contribution is -0.143. The van der Waals surface area contributed by atoms with Crippen LogP contribution in [0.3, 0.4) is 0 Å². The first kappa shape index (κ1) is 21.0. The van der Waals surface area contributed by atoms with E-state index < -0.39 is 0 Å². The first-order valence-corrected chi connectivity index (χ1v) is 8.83. The van der Waals surface area contributed by atoms with Crippen LogP contribution in [0.2, 0.25) is 0 Å². The zero-order valence-electron chi connectivity index (χ0n) is 14.6. The summed E-state index contributed by atoms with van der Waals surface area (Å²) in [5.74, 6) is 1.57. The molecule has 0 unspecified atom stereocenters. The van der Waals surface area contributed by atoms with Gasteiger partial charge in [-0.15, -0.1) is 24.8 Å². The van der Waals surface area contributed by atoms with E-state index in [0.29, 0.717) is 12.5 Å². The highest BCUT2D eigenvalue weighted by Crippen LogP contribution is 2.29. The number of nitrogens with one attached hydrogen (secondary N) is 1. The molecule has 1 amide bonds. The molecule has 2 fully saturated rings. The van der Waals surface area contributed by atoms with Crippen molar-refractivity contribution in [3.8, 4) is 0 Å². The second-order valence-electron chi connectivity index (χ2n) is 6.80. The summed E-state index contributed by atoms with van der Waals surface area (Å²) in [6, 6.07) is 8.10. The summed E-state index contributed by atoms with van der Waals surface area (Å²) in [5, 5.41) is 0. The maximum atomic E-state index is 12.6. The summed E-state index contributed by atoms with van der Waals surface area (Å²) in [7, 11) is 0. The molecule has 8 heteroatoms. The van der Waals surface area contributed by atoms with E-state index in [2.05, 4.69) is 11.1 Å². The minimum absolute atomic E-state index is 0. The first-order valence-electron chi connectivity index (χ1n) is 8.83. The SMILES string of the molecule is Cl.Cl.NC[C@H]1CC[C@@H](C(=O)N2CCC(c3nc4ccccc4[nH]3)CC2)O1. The normalized spacial score (nSPS) is 23.5. The number of halogens is 2. The fourth-order valence-electron chi connectivity index (χ4n) is 3.80. The fourth-order valence-corrected chi connectivity index (χ4v) is 3.80. The van der Waals surface area contributed by atoms with Gasteiger partial charge in [0.1, 0.15) is 11.9 Å². The van der Waals surface area contributed by atoms with E-state index in [1.807, 2.05) is 23.1 Å². The summed E-state index contributed by atoms with van der Waals surface area (Å²) < 4.78 is 5.74. The molecule has 1 aromatic carbocycles. The molecule has 0 saturated carbocycles. The number of benzene rings is 1. The quantitative estimate of drug-likeness (QED) is 0.828. The maximum Gasteiger partial charge on any atom is 0.251 e. The number of hydrogen-bond acceptors (Lipinski definition) is 4. The summed E-state index contributed by atoms with van der Waals surface area (Å²) in [5.41, 5.74) is 7.72. The molecule has 4 rings (SSSR count). The largest absolute Gasteiger partial charge is 0.364 e. The number of carbonyl (C=O) groups is 1. The molecule has 2 aromatic rings. The molecule has 0 radical (unpaired) electrons. The third-order valence-corrected chi connectivity index (χ3v) is 5.25. The maximum absolute atomic E-state index is 12.6. The van der Waals surface area contributed by atoms with Crippen molar-refractivity contribution in [2.75, 3.05) is 19.6 Å². The Hall–Kier alpha value is -1.34. The van der Waals surface area contributed by atoms with Gasteiger partial charge in [0.25, 0.3) is 5.91 Å². The van der Waals surface area contributed by atoms with Crippen molar-refractivity contribution < 1.29 is 9.53 Å². The minimum atomic E-state index is -0.290. The monoisotopic (exact) mass is 400 g/mol. The van der Waals surface area contributed by atoms with Gasteiger partial charge in [-0.2, -0.15) is 0 Å². The summed E-state index contributed by atoms with van der Waals surface area (Å²) in [4.78, 5) is 22.7. The van der Waals surface area contributed by atoms with Crippen molar-refractivity contribution in [3.63, 3.8) is 0 Å². The molecule has 0 spiro atoms. The molecule has 2 saturated heterocycles. The van der Waals surface area contributed by atoms with Gasteiger partial charge in [-0.05, 0) is 37.8 Å². The predicted octanol–water partition coefficient (Wildman–Crippen LogP) is 2.62. The van der Waals surface area contributed by atoms with Gasteiger partial charge in [0.15, 0.2) is 0 Å². The molecule has 2 atom stereocenters. The van der Waals surface area contributed by atoms with Gasteiger partial charge in [-0.25, -0.2) is 4.98 Å². The van der Waals surface area contributed by atoms with E-state index in [-0.39, 0.29) is 42.9 Å². The average molecular weight is 401 g/mol. The van der Waals surface area contributed by atoms with E-state index >= 15 is 0 Å². The van der Waals surface area contributed by atoms with Crippen molar-refractivity contribution in [1.82, 2.24) is 14.9 Å². The number of piperidine rings is 1. The lowest BCUT2D eigenvalue weighted by atomic mass is 9.95. The van der Waals surface area contributed by atoms with E-state index in [4.69, 9.17) is 15.5 Å². The smallest absolute Gasteiger partial charge is 0.251 e. The number of para-hydroxylation sites is 2. The molecule has 6 nitrogen and oxygen atoms in total. The lowest BCUT2D eigenvalue weighted by Crippen LogP contribution is -2.43. The van der Waals surface area contributed by atoms with E-state index in [1.165, 1.54) is 0 Å². The number of nitrogens with two attached hydrogens (primary N) is 1. The number of carbonyl (C=O) groups excluding carboxylic acids is 1. The summed E-state index contributed by atoms with van der Waals surface area (Å²) in [6.07, 6.45) is 3.33. The number of fused-ring (bicyclic) bond motifs is 1. The molecule has 3 heterocycles. The van der Waals surface area contributed by atoms with Crippen LogP contribution in [0, 0.1) is 0 Å². The van der Waals surface area contributed by atoms with Gasteiger partial charge >= 0.3 is 0 Å². The number of H-pyrrole nitrogens is 1. The van der Waals surface area contributed by atoms with Crippen LogP contribution >= 0.6 is 24.8 Å². The van der Waals surface area contributed by atoms with Crippen molar-refractivity contribution in [1.29, 1.82) is 0 Å². The van der Waals surface area contributed by atoms with Crippen LogP contribution in [-0.4, -0.2) is 52.6 Å². The van der Waals surface area contributed by atoms with Gasteiger partial charge < -0.3 is 20.4 Å². The molecule has 1 aromatic heterocycles. The molecule has 2 aliphatic rings. The highest BCUT2D eigenvalue weighted by atomic mass is 35.5. The van der Waals surface area contributed by atoms with Crippen LogP contribution in [0.25, 0.3) is 11.0 Å². The van der Waals surface area contributed by atoms with Gasteiger partial charge in [-0.1, -0.05) is 12.1 Å². The van der Waals surface area contributed by atoms with E-state index in [1.54, 1.807) is 0 Å². The van der Waals surface area contributed by atoms with Crippen molar-refractivity contribution in [3.05, 3.63) is 30.1 Å². The summed E-state index contributed by atoms with van der Waals surface area (Å²) >= 11 is 0. The molecule has 3 N–H and O–H groups in total. The topological polar surface area (TPSA) is 84.2 Å². The fraction of sp³-hybridized carbons (Fsp3) is 0.556. The molecule has 0 aliphatic carbocycles. The number of aromatic amines is 1. The molecule has 26 heavy (non-hydrogen) atoms. The van der Waals surface area contributed by atoms with Crippen molar-refractivity contribution in [2.45, 2.75) is 43.8 Å². The second kappa shape index (κ2) is 9.04. The Morgan fingerprint density at radius 3 is 2.58 bits per heavy atom. The van der Waals surface area contributed by atoms with Crippen LogP contribution < -0.4 is 5.73 Å². The third kappa shape index (κ3) is 4.14. The minimum Gasteiger partial charge on any atom is -0.364 e. The second-order valence-corrected chi connectivity index (χ2v) is 6.80. The number of amides is 1. The Bertz CT molecular complexity index is 698. The number of aromatic nitrogens is 2. The number of ether oxygens (including phenoxy) is 1. The Morgan fingerprint density at radius 1 is 1.19 bits per heavy atom. The highest BCUT2D eigenvalue weighted by molar-refractivity contribution is 5.85.